The predicted molar refractivity (Wildman–Crippen MR) is 105 cm³/mol. The van der Waals surface area contributed by atoms with Crippen LogP contribution in [0.4, 0.5) is 11.4 Å². The van der Waals surface area contributed by atoms with Crippen molar-refractivity contribution in [2.75, 3.05) is 24.9 Å². The molecule has 0 aliphatic heterocycles. The fourth-order valence-corrected chi connectivity index (χ4v) is 2.26. The summed E-state index contributed by atoms with van der Waals surface area (Å²) in [5.41, 5.74) is 1.73. The molecule has 0 bridgehead atoms. The molecule has 0 aliphatic carbocycles. The van der Waals surface area contributed by atoms with E-state index in [9.17, 15) is 19.5 Å². The van der Waals surface area contributed by atoms with Crippen molar-refractivity contribution in [2.45, 2.75) is 33.0 Å². The minimum atomic E-state index is -1.13. The first kappa shape index (κ1) is 23.1. The number of rotatable bonds is 9. The predicted octanol–water partition coefficient (Wildman–Crippen LogP) is 2.37. The minimum Gasteiger partial charge on any atom is -0.466 e. The Morgan fingerprint density at radius 2 is 1.46 bits per heavy atom. The Morgan fingerprint density at radius 3 is 1.86 bits per heavy atom. The monoisotopic (exact) mass is 390 g/mol. The highest BCUT2D eigenvalue weighted by Gasteiger charge is 2.11. The molecule has 2 amide bonds. The zero-order valence-corrected chi connectivity index (χ0v) is 16.4. The molecule has 0 saturated heterocycles. The van der Waals surface area contributed by atoms with Crippen molar-refractivity contribution in [3.05, 3.63) is 47.6 Å². The number of carbonyl (C=O) groups excluding carboxylic acids is 3. The Morgan fingerprint density at radius 1 is 0.964 bits per heavy atom. The summed E-state index contributed by atoms with van der Waals surface area (Å²) < 4.78 is 9.41. The number of amides is 2. The first-order chi connectivity index (χ1) is 13.3. The third-order valence-corrected chi connectivity index (χ3v) is 3.82. The molecule has 0 spiro atoms. The number of benzene rings is 1. The lowest BCUT2D eigenvalue weighted by atomic mass is 10.1. The largest absolute Gasteiger partial charge is 0.466 e. The quantitative estimate of drug-likeness (QED) is 0.339. The molecule has 1 rings (SSSR count). The second kappa shape index (κ2) is 11.7. The van der Waals surface area contributed by atoms with Gasteiger partial charge in [0.2, 0.25) is 11.8 Å². The Hall–Kier alpha value is -2.97. The molecule has 8 nitrogen and oxygen atoms in total. The van der Waals surface area contributed by atoms with Crippen LogP contribution in [0.5, 0.6) is 0 Å². The van der Waals surface area contributed by atoms with Crippen LogP contribution in [0.3, 0.4) is 0 Å². The van der Waals surface area contributed by atoms with Crippen LogP contribution in [-0.4, -0.2) is 43.4 Å². The third-order valence-electron chi connectivity index (χ3n) is 3.82. The zero-order chi connectivity index (χ0) is 21.1. The summed E-state index contributed by atoms with van der Waals surface area (Å²) in [7, 11) is 2.61. The number of esters is 1. The highest BCUT2D eigenvalue weighted by atomic mass is 16.6. The van der Waals surface area contributed by atoms with Gasteiger partial charge in [-0.3, -0.25) is 9.59 Å². The molecule has 0 saturated carbocycles. The van der Waals surface area contributed by atoms with Crippen molar-refractivity contribution >= 4 is 29.2 Å². The fraction of sp³-hybridized carbons (Fsp3) is 0.350. The van der Waals surface area contributed by atoms with Crippen molar-refractivity contribution in [1.29, 1.82) is 0 Å². The van der Waals surface area contributed by atoms with E-state index in [1.54, 1.807) is 38.1 Å². The summed E-state index contributed by atoms with van der Waals surface area (Å²) in [5, 5.41) is 14.9. The van der Waals surface area contributed by atoms with Gasteiger partial charge in [0.15, 0.2) is 6.29 Å². The second-order valence-corrected chi connectivity index (χ2v) is 5.73. The average Bonchev–Trinajstić information content (AvgIpc) is 2.70. The molecule has 0 aliphatic rings. The topological polar surface area (TPSA) is 114 Å². The van der Waals surface area contributed by atoms with E-state index in [0.29, 0.717) is 29.8 Å². The number of hydrogen-bond donors (Lipinski definition) is 3. The van der Waals surface area contributed by atoms with Crippen molar-refractivity contribution in [1.82, 2.24) is 0 Å². The molecule has 28 heavy (non-hydrogen) atoms. The Kier molecular flexibility index (Phi) is 9.63. The normalized spacial score (nSPS) is 12.9. The van der Waals surface area contributed by atoms with Crippen LogP contribution in [0.2, 0.25) is 0 Å². The van der Waals surface area contributed by atoms with Crippen molar-refractivity contribution < 1.29 is 29.0 Å². The van der Waals surface area contributed by atoms with Gasteiger partial charge in [-0.2, -0.15) is 0 Å². The van der Waals surface area contributed by atoms with Gasteiger partial charge in [-0.25, -0.2) is 4.79 Å². The van der Waals surface area contributed by atoms with E-state index in [4.69, 9.17) is 4.74 Å². The number of aliphatic hydroxyl groups excluding tert-OH is 1. The molecule has 0 radical (unpaired) electrons. The Bertz CT molecular complexity index is 752. The zero-order valence-electron chi connectivity index (χ0n) is 16.4. The Labute approximate surface area is 164 Å². The van der Waals surface area contributed by atoms with E-state index in [-0.39, 0.29) is 5.57 Å². The standard InChI is InChI=1S/C20H26N2O6/c1-5-13(19(25)27-3)11-17(23)21-15-7-9-16(10-8-15)22-18(24)12-14(6-2)20(26)28-4/h7-12,19,25H,5-6H2,1-4H3,(H,21,23)(H,22,24)/b13-11-,14-12-. The maximum absolute atomic E-state index is 12.0. The maximum Gasteiger partial charge on any atom is 0.333 e. The van der Waals surface area contributed by atoms with Gasteiger partial charge in [-0.15, -0.1) is 0 Å². The molecule has 1 atom stereocenters. The lowest BCUT2D eigenvalue weighted by Gasteiger charge is -2.11. The van der Waals surface area contributed by atoms with Crippen LogP contribution < -0.4 is 10.6 Å². The number of carbonyl (C=O) groups is 3. The van der Waals surface area contributed by atoms with Crippen LogP contribution >= 0.6 is 0 Å². The van der Waals surface area contributed by atoms with Gasteiger partial charge >= 0.3 is 5.97 Å². The summed E-state index contributed by atoms with van der Waals surface area (Å²) in [6, 6.07) is 6.45. The minimum absolute atomic E-state index is 0.264. The molecule has 0 heterocycles. The van der Waals surface area contributed by atoms with Crippen LogP contribution in [0.25, 0.3) is 0 Å². The van der Waals surface area contributed by atoms with E-state index >= 15 is 0 Å². The number of nitrogens with one attached hydrogen (secondary N) is 2. The molecule has 1 unspecified atom stereocenters. The summed E-state index contributed by atoms with van der Waals surface area (Å²) in [6.45, 7) is 3.55. The van der Waals surface area contributed by atoms with E-state index in [2.05, 4.69) is 15.4 Å². The maximum atomic E-state index is 12.0. The summed E-state index contributed by atoms with van der Waals surface area (Å²) in [5.74, 6) is -1.41. The molecule has 1 aromatic rings. The molecular weight excluding hydrogens is 364 g/mol. The average molecular weight is 390 g/mol. The molecular formula is C20H26N2O6. The molecule has 0 fully saturated rings. The van der Waals surface area contributed by atoms with Crippen molar-refractivity contribution in [3.63, 3.8) is 0 Å². The van der Waals surface area contributed by atoms with E-state index in [1.165, 1.54) is 26.4 Å². The van der Waals surface area contributed by atoms with E-state index in [0.717, 1.165) is 0 Å². The summed E-state index contributed by atoms with van der Waals surface area (Å²) >= 11 is 0. The van der Waals surface area contributed by atoms with Gasteiger partial charge in [0.25, 0.3) is 0 Å². The third kappa shape index (κ3) is 7.34. The van der Waals surface area contributed by atoms with Gasteiger partial charge in [0.1, 0.15) is 0 Å². The number of hydrogen-bond acceptors (Lipinski definition) is 6. The summed E-state index contributed by atoms with van der Waals surface area (Å²) in [6.07, 6.45) is 2.19. The van der Waals surface area contributed by atoms with Crippen LogP contribution in [0, 0.1) is 0 Å². The molecule has 8 heteroatoms. The SMILES string of the molecule is CC/C(=C/C(=O)Nc1ccc(NC(=O)/C=C(/CC)C(O)OC)cc1)C(=O)OC. The summed E-state index contributed by atoms with van der Waals surface area (Å²) in [4.78, 5) is 35.5. The second-order valence-electron chi connectivity index (χ2n) is 5.73. The molecule has 152 valence electrons. The van der Waals surface area contributed by atoms with Crippen LogP contribution in [0.15, 0.2) is 47.6 Å². The van der Waals surface area contributed by atoms with E-state index < -0.39 is 24.1 Å². The number of aliphatic hydroxyl groups is 1. The van der Waals surface area contributed by atoms with Gasteiger partial charge < -0.3 is 25.2 Å². The Balaban J connectivity index is 2.75. The lowest BCUT2D eigenvalue weighted by molar-refractivity contribution is -0.136. The fourth-order valence-electron chi connectivity index (χ4n) is 2.26. The molecule has 3 N–H and O–H groups in total. The van der Waals surface area contributed by atoms with Crippen LogP contribution in [-0.2, 0) is 23.9 Å². The highest BCUT2D eigenvalue weighted by Crippen LogP contribution is 2.15. The van der Waals surface area contributed by atoms with Crippen LogP contribution in [0.1, 0.15) is 26.7 Å². The number of methoxy groups -OCH3 is 2. The highest BCUT2D eigenvalue weighted by molar-refractivity contribution is 6.05. The first-order valence-corrected chi connectivity index (χ1v) is 8.76. The number of ether oxygens (including phenoxy) is 2. The van der Waals surface area contributed by atoms with Gasteiger partial charge in [-0.1, -0.05) is 13.8 Å². The number of anilines is 2. The van der Waals surface area contributed by atoms with Gasteiger partial charge in [-0.05, 0) is 42.7 Å². The van der Waals surface area contributed by atoms with Gasteiger partial charge in [0, 0.05) is 36.2 Å². The molecule has 0 aromatic heterocycles. The van der Waals surface area contributed by atoms with E-state index in [1.807, 2.05) is 0 Å². The van der Waals surface area contributed by atoms with Gasteiger partial charge in [0.05, 0.1) is 7.11 Å². The first-order valence-electron chi connectivity index (χ1n) is 8.76. The lowest BCUT2D eigenvalue weighted by Crippen LogP contribution is -2.16. The molecule has 1 aromatic carbocycles. The van der Waals surface area contributed by atoms with Crippen molar-refractivity contribution in [2.24, 2.45) is 0 Å². The smallest absolute Gasteiger partial charge is 0.333 e. The van der Waals surface area contributed by atoms with Crippen molar-refractivity contribution in [3.8, 4) is 0 Å².